The normalized spacial score (nSPS) is 16.4. The Labute approximate surface area is 200 Å². The maximum absolute atomic E-state index is 14.3. The van der Waals surface area contributed by atoms with Gasteiger partial charge in [-0.05, 0) is 48.7 Å². The van der Waals surface area contributed by atoms with Gasteiger partial charge in [-0.1, -0.05) is 29.8 Å². The zero-order valence-electron chi connectivity index (χ0n) is 18.4. The lowest BCUT2D eigenvalue weighted by atomic mass is 10.0. The highest BCUT2D eigenvalue weighted by atomic mass is 35.5. The molecule has 2 unspecified atom stereocenters. The third-order valence-electron chi connectivity index (χ3n) is 5.99. The first kappa shape index (κ1) is 23.6. The SMILES string of the molecule is CC(=O)N1CCCC1C(=O)NC(Cc1ccc2nc(-c3c(F)cccc3Cl)ccc2c1)C(=O)O. The van der Waals surface area contributed by atoms with Crippen LogP contribution in [-0.2, 0) is 20.8 Å². The Morgan fingerprint density at radius 1 is 1.24 bits per heavy atom. The van der Waals surface area contributed by atoms with Crippen LogP contribution < -0.4 is 5.32 Å². The quantitative estimate of drug-likeness (QED) is 0.555. The Hall–Kier alpha value is -3.52. The average Bonchev–Trinajstić information content (AvgIpc) is 3.29. The summed E-state index contributed by atoms with van der Waals surface area (Å²) in [7, 11) is 0. The minimum absolute atomic E-state index is 0.0602. The van der Waals surface area contributed by atoms with Gasteiger partial charge in [0.15, 0.2) is 0 Å². The maximum atomic E-state index is 14.3. The van der Waals surface area contributed by atoms with Gasteiger partial charge in [-0.2, -0.15) is 0 Å². The van der Waals surface area contributed by atoms with Crippen molar-refractivity contribution in [1.29, 1.82) is 0 Å². The van der Waals surface area contributed by atoms with E-state index in [1.165, 1.54) is 24.0 Å². The molecule has 1 aliphatic heterocycles. The molecule has 0 bridgehead atoms. The van der Waals surface area contributed by atoms with Crippen LogP contribution in [0.3, 0.4) is 0 Å². The Morgan fingerprint density at radius 2 is 2.03 bits per heavy atom. The summed E-state index contributed by atoms with van der Waals surface area (Å²) in [6, 6.07) is 11.3. The molecule has 4 rings (SSSR count). The highest BCUT2D eigenvalue weighted by Crippen LogP contribution is 2.30. The fourth-order valence-electron chi connectivity index (χ4n) is 4.30. The number of pyridine rings is 1. The minimum Gasteiger partial charge on any atom is -0.480 e. The fourth-order valence-corrected chi connectivity index (χ4v) is 4.56. The first-order valence-corrected chi connectivity index (χ1v) is 11.3. The molecule has 34 heavy (non-hydrogen) atoms. The van der Waals surface area contributed by atoms with Crippen molar-refractivity contribution >= 4 is 40.3 Å². The van der Waals surface area contributed by atoms with Crippen molar-refractivity contribution < 1.29 is 23.9 Å². The number of benzene rings is 2. The Bertz CT molecular complexity index is 1260. The molecule has 0 spiro atoms. The van der Waals surface area contributed by atoms with E-state index >= 15 is 0 Å². The van der Waals surface area contributed by atoms with Gasteiger partial charge in [0.05, 0.1) is 21.8 Å². The number of carboxylic acids is 1. The van der Waals surface area contributed by atoms with Gasteiger partial charge >= 0.3 is 5.97 Å². The van der Waals surface area contributed by atoms with Crippen molar-refractivity contribution in [2.24, 2.45) is 0 Å². The average molecular weight is 484 g/mol. The van der Waals surface area contributed by atoms with E-state index < -0.39 is 29.8 Å². The third kappa shape index (κ3) is 4.87. The molecule has 9 heteroatoms. The number of carboxylic acid groups (broad SMARTS) is 1. The van der Waals surface area contributed by atoms with E-state index in [2.05, 4.69) is 10.3 Å². The first-order valence-electron chi connectivity index (χ1n) is 10.9. The highest BCUT2D eigenvalue weighted by Gasteiger charge is 2.34. The summed E-state index contributed by atoms with van der Waals surface area (Å²) in [5.74, 6) is -2.30. The van der Waals surface area contributed by atoms with Gasteiger partial charge in [0.1, 0.15) is 17.9 Å². The largest absolute Gasteiger partial charge is 0.480 e. The van der Waals surface area contributed by atoms with Gasteiger partial charge in [-0.3, -0.25) is 9.59 Å². The number of nitrogens with zero attached hydrogens (tertiary/aromatic N) is 2. The molecule has 176 valence electrons. The molecule has 2 aromatic carbocycles. The summed E-state index contributed by atoms with van der Waals surface area (Å²) in [6.07, 6.45) is 1.27. The zero-order valence-corrected chi connectivity index (χ0v) is 19.2. The number of carbonyl (C=O) groups is 3. The molecule has 0 radical (unpaired) electrons. The lowest BCUT2D eigenvalue weighted by Gasteiger charge is -2.24. The number of hydrogen-bond acceptors (Lipinski definition) is 4. The topological polar surface area (TPSA) is 99.6 Å². The van der Waals surface area contributed by atoms with Crippen molar-refractivity contribution in [3.05, 3.63) is 64.9 Å². The Morgan fingerprint density at radius 3 is 2.74 bits per heavy atom. The van der Waals surface area contributed by atoms with Crippen molar-refractivity contribution in [3.8, 4) is 11.3 Å². The van der Waals surface area contributed by atoms with Crippen LogP contribution >= 0.6 is 11.6 Å². The summed E-state index contributed by atoms with van der Waals surface area (Å²) in [5.41, 5.74) is 1.90. The number of aromatic nitrogens is 1. The van der Waals surface area contributed by atoms with Crippen LogP contribution in [0.4, 0.5) is 4.39 Å². The number of hydrogen-bond donors (Lipinski definition) is 2. The Kier molecular flexibility index (Phi) is 6.79. The van der Waals surface area contributed by atoms with Gasteiger partial charge in [0.2, 0.25) is 11.8 Å². The van der Waals surface area contributed by atoms with Crippen LogP contribution in [0.2, 0.25) is 5.02 Å². The molecule has 1 saturated heterocycles. The molecular weight excluding hydrogens is 461 g/mol. The van der Waals surface area contributed by atoms with E-state index in [0.29, 0.717) is 36.2 Å². The highest BCUT2D eigenvalue weighted by molar-refractivity contribution is 6.33. The smallest absolute Gasteiger partial charge is 0.326 e. The number of likely N-dealkylation sites (tertiary alicyclic amines) is 1. The van der Waals surface area contributed by atoms with Crippen molar-refractivity contribution in [2.45, 2.75) is 38.3 Å². The summed E-state index contributed by atoms with van der Waals surface area (Å²) in [5, 5.41) is 13.2. The molecule has 1 aliphatic rings. The van der Waals surface area contributed by atoms with E-state index in [4.69, 9.17) is 11.6 Å². The maximum Gasteiger partial charge on any atom is 0.326 e. The molecule has 2 heterocycles. The second-order valence-electron chi connectivity index (χ2n) is 8.29. The third-order valence-corrected chi connectivity index (χ3v) is 6.30. The van der Waals surface area contributed by atoms with E-state index in [1.54, 1.807) is 36.4 Å². The molecule has 7 nitrogen and oxygen atoms in total. The number of fused-ring (bicyclic) bond motifs is 1. The predicted octanol–water partition coefficient (Wildman–Crippen LogP) is 3.82. The van der Waals surface area contributed by atoms with Gasteiger partial charge < -0.3 is 15.3 Å². The predicted molar refractivity (Wildman–Crippen MR) is 126 cm³/mol. The summed E-state index contributed by atoms with van der Waals surface area (Å²) in [6.45, 7) is 1.89. The summed E-state index contributed by atoms with van der Waals surface area (Å²) in [4.78, 5) is 42.2. The number of halogens is 2. The van der Waals surface area contributed by atoms with E-state index in [0.717, 1.165) is 5.39 Å². The molecule has 2 atom stereocenters. The van der Waals surface area contributed by atoms with Gasteiger partial charge in [-0.25, -0.2) is 14.2 Å². The van der Waals surface area contributed by atoms with Crippen LogP contribution in [-0.4, -0.2) is 51.4 Å². The van der Waals surface area contributed by atoms with Crippen molar-refractivity contribution in [2.75, 3.05) is 6.54 Å². The molecule has 0 aliphatic carbocycles. The molecular formula is C25H23ClFN3O4. The van der Waals surface area contributed by atoms with Crippen LogP contribution in [0.1, 0.15) is 25.3 Å². The van der Waals surface area contributed by atoms with E-state index in [1.807, 2.05) is 0 Å². The van der Waals surface area contributed by atoms with E-state index in [-0.39, 0.29) is 22.9 Å². The Balaban J connectivity index is 1.53. The lowest BCUT2D eigenvalue weighted by Crippen LogP contribution is -2.51. The molecule has 1 fully saturated rings. The first-order chi connectivity index (χ1) is 16.2. The second-order valence-corrected chi connectivity index (χ2v) is 8.70. The van der Waals surface area contributed by atoms with Gasteiger partial charge in [0.25, 0.3) is 0 Å². The number of rotatable bonds is 6. The van der Waals surface area contributed by atoms with Crippen LogP contribution in [0, 0.1) is 5.82 Å². The molecule has 1 aromatic heterocycles. The lowest BCUT2D eigenvalue weighted by molar-refractivity contribution is -0.143. The van der Waals surface area contributed by atoms with Crippen LogP contribution in [0.25, 0.3) is 22.2 Å². The zero-order chi connectivity index (χ0) is 24.4. The molecule has 3 aromatic rings. The molecule has 0 saturated carbocycles. The van der Waals surface area contributed by atoms with Gasteiger partial charge in [0, 0.05) is 25.3 Å². The van der Waals surface area contributed by atoms with Gasteiger partial charge in [-0.15, -0.1) is 0 Å². The standard InChI is InChI=1S/C25H23ClFN3O4/c1-14(31)30-11-3-6-22(30)24(32)29-21(25(33)34)13-15-7-9-19-16(12-15)8-10-20(28-19)23-17(26)4-2-5-18(23)27/h2,4-5,7-10,12,21-22H,3,6,11,13H2,1H3,(H,29,32)(H,33,34). The summed E-state index contributed by atoms with van der Waals surface area (Å²) >= 11 is 6.15. The minimum atomic E-state index is -1.16. The van der Waals surface area contributed by atoms with E-state index in [9.17, 15) is 23.9 Å². The number of carbonyl (C=O) groups excluding carboxylic acids is 2. The monoisotopic (exact) mass is 483 g/mol. The number of amides is 2. The molecule has 2 N–H and O–H groups in total. The molecule has 2 amide bonds. The van der Waals surface area contributed by atoms with Crippen molar-refractivity contribution in [1.82, 2.24) is 15.2 Å². The fraction of sp³-hybridized carbons (Fsp3) is 0.280. The number of nitrogens with one attached hydrogen (secondary N) is 1. The number of aliphatic carboxylic acids is 1. The second kappa shape index (κ2) is 9.77. The van der Waals surface area contributed by atoms with Crippen molar-refractivity contribution in [3.63, 3.8) is 0 Å². The van der Waals surface area contributed by atoms with Crippen LogP contribution in [0.5, 0.6) is 0 Å². The van der Waals surface area contributed by atoms with Crippen LogP contribution in [0.15, 0.2) is 48.5 Å². The summed E-state index contributed by atoms with van der Waals surface area (Å²) < 4.78 is 14.3.